The summed E-state index contributed by atoms with van der Waals surface area (Å²) in [5, 5.41) is 9.39. The molecule has 0 saturated carbocycles. The molecule has 2 unspecified atom stereocenters. The van der Waals surface area contributed by atoms with Crippen molar-refractivity contribution in [3.8, 4) is 0 Å². The summed E-state index contributed by atoms with van der Waals surface area (Å²) < 4.78 is 0. The molecule has 0 spiro atoms. The fourth-order valence-corrected chi connectivity index (χ4v) is 2.51. The molecule has 1 fully saturated rings. The molecule has 0 radical (unpaired) electrons. The molecule has 0 amide bonds. The zero-order valence-electron chi connectivity index (χ0n) is 10.2. The second kappa shape index (κ2) is 4.98. The minimum Gasteiger partial charge on any atom is -0.395 e. The molecule has 1 heterocycles. The van der Waals surface area contributed by atoms with Crippen LogP contribution in [0.3, 0.4) is 0 Å². The predicted octanol–water partition coefficient (Wildman–Crippen LogP) is 2.20. The third-order valence-electron chi connectivity index (χ3n) is 3.69. The molecule has 1 aromatic rings. The Labute approximate surface area is 97.9 Å². The van der Waals surface area contributed by atoms with Crippen LogP contribution in [0.2, 0.25) is 0 Å². The zero-order valence-corrected chi connectivity index (χ0v) is 10.2. The molecule has 0 aliphatic carbocycles. The Balaban J connectivity index is 2.01. The summed E-state index contributed by atoms with van der Waals surface area (Å²) in [6.07, 6.45) is 1.21. The van der Waals surface area contributed by atoms with E-state index in [4.69, 9.17) is 0 Å². The lowest BCUT2D eigenvalue weighted by Crippen LogP contribution is -2.34. The molecule has 1 saturated heterocycles. The highest BCUT2D eigenvalue weighted by Crippen LogP contribution is 2.25. The second-order valence-electron chi connectivity index (χ2n) is 4.97. The summed E-state index contributed by atoms with van der Waals surface area (Å²) in [7, 11) is 0. The molecule has 16 heavy (non-hydrogen) atoms. The zero-order chi connectivity index (χ0) is 11.5. The molecule has 2 nitrogen and oxygen atoms in total. The maximum Gasteiger partial charge on any atom is 0.0589 e. The molecule has 88 valence electrons. The van der Waals surface area contributed by atoms with Crippen molar-refractivity contribution < 1.29 is 5.11 Å². The molecule has 1 aromatic carbocycles. The summed E-state index contributed by atoms with van der Waals surface area (Å²) in [5.41, 5.74) is 2.65. The van der Waals surface area contributed by atoms with E-state index in [0.717, 1.165) is 13.1 Å². The maximum absolute atomic E-state index is 9.39. The van der Waals surface area contributed by atoms with Crippen LogP contribution in [-0.2, 0) is 6.54 Å². The van der Waals surface area contributed by atoms with Crippen LogP contribution >= 0.6 is 0 Å². The van der Waals surface area contributed by atoms with E-state index < -0.39 is 0 Å². The monoisotopic (exact) mass is 219 g/mol. The predicted molar refractivity (Wildman–Crippen MR) is 66.2 cm³/mol. The van der Waals surface area contributed by atoms with E-state index in [1.54, 1.807) is 0 Å². The minimum absolute atomic E-state index is 0.285. The Hall–Kier alpha value is -0.860. The standard InChI is InChI=1S/C14H21NO/c1-11-3-5-13(6-4-11)9-15-8-7-12(2)14(15)10-16/h3-6,12,14,16H,7-10H2,1-2H3. The minimum atomic E-state index is 0.285. The van der Waals surface area contributed by atoms with Crippen LogP contribution in [-0.4, -0.2) is 29.2 Å². The van der Waals surface area contributed by atoms with Gasteiger partial charge in [0.15, 0.2) is 0 Å². The summed E-state index contributed by atoms with van der Waals surface area (Å²) >= 11 is 0. The Morgan fingerprint density at radius 3 is 2.62 bits per heavy atom. The van der Waals surface area contributed by atoms with Crippen molar-refractivity contribution in [1.29, 1.82) is 0 Å². The fourth-order valence-electron chi connectivity index (χ4n) is 2.51. The number of aliphatic hydroxyl groups is 1. The number of aryl methyl sites for hydroxylation is 1. The van der Waals surface area contributed by atoms with Crippen molar-refractivity contribution in [2.45, 2.75) is 32.9 Å². The number of aliphatic hydroxyl groups excluding tert-OH is 1. The van der Waals surface area contributed by atoms with Crippen LogP contribution in [0.25, 0.3) is 0 Å². The molecule has 1 N–H and O–H groups in total. The molecular formula is C14H21NO. The third-order valence-corrected chi connectivity index (χ3v) is 3.69. The van der Waals surface area contributed by atoms with Crippen LogP contribution < -0.4 is 0 Å². The van der Waals surface area contributed by atoms with Crippen molar-refractivity contribution in [3.05, 3.63) is 35.4 Å². The Morgan fingerprint density at radius 2 is 2.00 bits per heavy atom. The highest BCUT2D eigenvalue weighted by atomic mass is 16.3. The molecule has 0 bridgehead atoms. The summed E-state index contributed by atoms with van der Waals surface area (Å²) in [5.74, 6) is 0.621. The topological polar surface area (TPSA) is 23.5 Å². The van der Waals surface area contributed by atoms with Gasteiger partial charge in [-0.2, -0.15) is 0 Å². The van der Waals surface area contributed by atoms with Gasteiger partial charge in [0, 0.05) is 12.6 Å². The van der Waals surface area contributed by atoms with Gasteiger partial charge in [-0.25, -0.2) is 0 Å². The van der Waals surface area contributed by atoms with Gasteiger partial charge in [-0.1, -0.05) is 36.8 Å². The number of nitrogens with zero attached hydrogens (tertiary/aromatic N) is 1. The highest BCUT2D eigenvalue weighted by Gasteiger charge is 2.30. The smallest absolute Gasteiger partial charge is 0.0589 e. The Kier molecular flexibility index (Phi) is 3.62. The first-order valence-electron chi connectivity index (χ1n) is 6.11. The average molecular weight is 219 g/mol. The Morgan fingerprint density at radius 1 is 1.31 bits per heavy atom. The van der Waals surface area contributed by atoms with E-state index in [0.29, 0.717) is 12.0 Å². The molecule has 1 aliphatic rings. The number of rotatable bonds is 3. The quantitative estimate of drug-likeness (QED) is 0.842. The van der Waals surface area contributed by atoms with Crippen molar-refractivity contribution in [1.82, 2.24) is 4.90 Å². The summed E-state index contributed by atoms with van der Waals surface area (Å²) in [6, 6.07) is 9.03. The summed E-state index contributed by atoms with van der Waals surface area (Å²) in [6.45, 7) is 6.71. The second-order valence-corrected chi connectivity index (χ2v) is 4.97. The van der Waals surface area contributed by atoms with Gasteiger partial charge in [-0.3, -0.25) is 4.90 Å². The third kappa shape index (κ3) is 2.45. The number of hydrogen-bond acceptors (Lipinski definition) is 2. The van der Waals surface area contributed by atoms with E-state index in [9.17, 15) is 5.11 Å². The maximum atomic E-state index is 9.39. The molecule has 2 rings (SSSR count). The first-order chi connectivity index (χ1) is 7.70. The van der Waals surface area contributed by atoms with E-state index in [1.165, 1.54) is 17.5 Å². The van der Waals surface area contributed by atoms with Crippen LogP contribution in [0.5, 0.6) is 0 Å². The Bertz CT molecular complexity index is 333. The number of benzene rings is 1. The normalized spacial score (nSPS) is 26.2. The first kappa shape index (κ1) is 11.6. The van der Waals surface area contributed by atoms with Gasteiger partial charge in [-0.05, 0) is 31.4 Å². The fraction of sp³-hybridized carbons (Fsp3) is 0.571. The van der Waals surface area contributed by atoms with Crippen molar-refractivity contribution in [2.75, 3.05) is 13.2 Å². The van der Waals surface area contributed by atoms with Crippen LogP contribution in [0.4, 0.5) is 0 Å². The first-order valence-corrected chi connectivity index (χ1v) is 6.11. The van der Waals surface area contributed by atoms with Gasteiger partial charge in [0.05, 0.1) is 6.61 Å². The lowest BCUT2D eigenvalue weighted by atomic mass is 10.0. The van der Waals surface area contributed by atoms with E-state index in [-0.39, 0.29) is 6.61 Å². The molecule has 0 aromatic heterocycles. The number of hydrogen-bond donors (Lipinski definition) is 1. The van der Waals surface area contributed by atoms with Gasteiger partial charge < -0.3 is 5.11 Å². The highest BCUT2D eigenvalue weighted by molar-refractivity contribution is 5.21. The lowest BCUT2D eigenvalue weighted by molar-refractivity contribution is 0.134. The molecule has 2 atom stereocenters. The number of likely N-dealkylation sites (tertiary alicyclic amines) is 1. The summed E-state index contributed by atoms with van der Waals surface area (Å²) in [4.78, 5) is 2.40. The van der Waals surface area contributed by atoms with Gasteiger partial charge in [0.2, 0.25) is 0 Å². The average Bonchev–Trinajstić information content (AvgIpc) is 2.63. The van der Waals surface area contributed by atoms with Crippen LogP contribution in [0.1, 0.15) is 24.5 Å². The largest absolute Gasteiger partial charge is 0.395 e. The van der Waals surface area contributed by atoms with Crippen molar-refractivity contribution in [3.63, 3.8) is 0 Å². The van der Waals surface area contributed by atoms with E-state index >= 15 is 0 Å². The van der Waals surface area contributed by atoms with Crippen LogP contribution in [0.15, 0.2) is 24.3 Å². The SMILES string of the molecule is Cc1ccc(CN2CCC(C)C2CO)cc1. The van der Waals surface area contributed by atoms with E-state index in [2.05, 4.69) is 43.0 Å². The van der Waals surface area contributed by atoms with Gasteiger partial charge in [0.1, 0.15) is 0 Å². The van der Waals surface area contributed by atoms with Crippen LogP contribution in [0, 0.1) is 12.8 Å². The van der Waals surface area contributed by atoms with Gasteiger partial charge in [0.25, 0.3) is 0 Å². The molecule has 2 heteroatoms. The van der Waals surface area contributed by atoms with Gasteiger partial charge in [-0.15, -0.1) is 0 Å². The van der Waals surface area contributed by atoms with Gasteiger partial charge >= 0.3 is 0 Å². The molecule has 1 aliphatic heterocycles. The van der Waals surface area contributed by atoms with E-state index in [1.807, 2.05) is 0 Å². The van der Waals surface area contributed by atoms with Crippen molar-refractivity contribution in [2.24, 2.45) is 5.92 Å². The lowest BCUT2D eigenvalue weighted by Gasteiger charge is -2.25. The van der Waals surface area contributed by atoms with Crippen molar-refractivity contribution >= 4 is 0 Å². The molecular weight excluding hydrogens is 198 g/mol.